The van der Waals surface area contributed by atoms with E-state index in [0.29, 0.717) is 18.2 Å². The van der Waals surface area contributed by atoms with Gasteiger partial charge in [-0.2, -0.15) is 0 Å². The lowest BCUT2D eigenvalue weighted by atomic mass is 10.1. The molecule has 2 aliphatic heterocycles. The lowest BCUT2D eigenvalue weighted by Gasteiger charge is -2.38. The fourth-order valence-corrected chi connectivity index (χ4v) is 2.11. The molecule has 0 amide bonds. The highest BCUT2D eigenvalue weighted by atomic mass is 16.6. The Bertz CT molecular complexity index is 161. The monoisotopic (exact) mass is 171 g/mol. The highest BCUT2D eigenvalue weighted by molar-refractivity contribution is 4.89. The molecule has 0 bridgehead atoms. The van der Waals surface area contributed by atoms with Crippen molar-refractivity contribution >= 4 is 0 Å². The third kappa shape index (κ3) is 1.37. The first kappa shape index (κ1) is 8.48. The normalized spacial score (nSPS) is 37.2. The van der Waals surface area contributed by atoms with E-state index in [9.17, 15) is 0 Å². The van der Waals surface area contributed by atoms with Crippen LogP contribution >= 0.6 is 0 Å². The summed E-state index contributed by atoms with van der Waals surface area (Å²) in [6, 6.07) is 1.13. The summed E-state index contributed by atoms with van der Waals surface area (Å²) in [4.78, 5) is 2.49. The van der Waals surface area contributed by atoms with E-state index < -0.39 is 0 Å². The average Bonchev–Trinajstić information content (AvgIpc) is 2.49. The van der Waals surface area contributed by atoms with Crippen molar-refractivity contribution < 1.29 is 9.47 Å². The molecule has 0 aromatic rings. The molecular weight excluding hydrogens is 154 g/mol. The fraction of sp³-hybridized carbons (Fsp3) is 1.00. The Morgan fingerprint density at radius 1 is 1.33 bits per heavy atom. The van der Waals surface area contributed by atoms with Crippen molar-refractivity contribution in [3.05, 3.63) is 0 Å². The average molecular weight is 171 g/mol. The molecule has 2 unspecified atom stereocenters. The summed E-state index contributed by atoms with van der Waals surface area (Å²) in [6.07, 6.45) is 0.334. The predicted molar refractivity (Wildman–Crippen MR) is 46.2 cm³/mol. The molecule has 0 radical (unpaired) electrons. The van der Waals surface area contributed by atoms with E-state index in [2.05, 4.69) is 18.7 Å². The van der Waals surface area contributed by atoms with Crippen LogP contribution in [-0.2, 0) is 9.47 Å². The molecule has 2 rings (SSSR count). The molecule has 0 aromatic carbocycles. The van der Waals surface area contributed by atoms with E-state index in [4.69, 9.17) is 9.47 Å². The maximum absolute atomic E-state index is 5.62. The molecule has 2 saturated heterocycles. The van der Waals surface area contributed by atoms with E-state index in [-0.39, 0.29) is 0 Å². The van der Waals surface area contributed by atoms with E-state index >= 15 is 0 Å². The number of nitrogens with zero attached hydrogens (tertiary/aromatic N) is 1. The van der Waals surface area contributed by atoms with Gasteiger partial charge >= 0.3 is 0 Å². The quantitative estimate of drug-likeness (QED) is 0.573. The van der Waals surface area contributed by atoms with E-state index in [1.807, 2.05) is 0 Å². The third-order valence-corrected chi connectivity index (χ3v) is 2.77. The van der Waals surface area contributed by atoms with Crippen LogP contribution in [0.2, 0.25) is 0 Å². The van der Waals surface area contributed by atoms with Gasteiger partial charge in [-0.25, -0.2) is 0 Å². The Hall–Kier alpha value is -0.120. The van der Waals surface area contributed by atoms with Crippen molar-refractivity contribution in [2.24, 2.45) is 0 Å². The number of morpholine rings is 1. The summed E-state index contributed by atoms with van der Waals surface area (Å²) in [6.45, 7) is 8.03. The van der Waals surface area contributed by atoms with Crippen molar-refractivity contribution in [1.82, 2.24) is 4.90 Å². The number of fused-ring (bicyclic) bond motifs is 1. The fourth-order valence-electron chi connectivity index (χ4n) is 2.11. The van der Waals surface area contributed by atoms with Gasteiger partial charge in [-0.15, -0.1) is 0 Å². The Balaban J connectivity index is 2.03. The van der Waals surface area contributed by atoms with Crippen LogP contribution in [-0.4, -0.2) is 49.5 Å². The van der Waals surface area contributed by atoms with Crippen LogP contribution in [0.1, 0.15) is 13.8 Å². The molecule has 3 heteroatoms. The first-order chi connectivity index (χ1) is 5.79. The number of ether oxygens (including phenoxy) is 2. The summed E-state index contributed by atoms with van der Waals surface area (Å²) >= 11 is 0. The molecule has 2 aliphatic rings. The van der Waals surface area contributed by atoms with E-state index in [1.165, 1.54) is 0 Å². The van der Waals surface area contributed by atoms with Crippen LogP contribution in [0.5, 0.6) is 0 Å². The molecule has 3 nitrogen and oxygen atoms in total. The Labute approximate surface area is 73.6 Å². The minimum absolute atomic E-state index is 0.334. The van der Waals surface area contributed by atoms with Crippen molar-refractivity contribution in [3.8, 4) is 0 Å². The van der Waals surface area contributed by atoms with Crippen LogP contribution in [0.4, 0.5) is 0 Å². The molecule has 0 spiro atoms. The van der Waals surface area contributed by atoms with E-state index in [1.54, 1.807) is 0 Å². The molecule has 12 heavy (non-hydrogen) atoms. The number of hydrogen-bond acceptors (Lipinski definition) is 3. The smallest absolute Gasteiger partial charge is 0.0986 e. The predicted octanol–water partition coefficient (Wildman–Crippen LogP) is 0.494. The topological polar surface area (TPSA) is 21.7 Å². The zero-order valence-electron chi connectivity index (χ0n) is 7.82. The highest BCUT2D eigenvalue weighted by Gasteiger charge is 2.37. The SMILES string of the molecule is CC(C)N1CCOC2COCC21. The molecule has 2 heterocycles. The molecule has 0 saturated carbocycles. The molecule has 2 fully saturated rings. The second kappa shape index (κ2) is 3.32. The first-order valence-electron chi connectivity index (χ1n) is 4.74. The van der Waals surface area contributed by atoms with Gasteiger partial charge in [0, 0.05) is 12.6 Å². The second-order valence-electron chi connectivity index (χ2n) is 3.85. The van der Waals surface area contributed by atoms with E-state index in [0.717, 1.165) is 26.4 Å². The molecule has 0 aromatic heterocycles. The Morgan fingerprint density at radius 2 is 2.17 bits per heavy atom. The summed E-state index contributed by atoms with van der Waals surface area (Å²) in [5, 5.41) is 0. The van der Waals surface area contributed by atoms with Crippen LogP contribution in [0.15, 0.2) is 0 Å². The van der Waals surface area contributed by atoms with Crippen molar-refractivity contribution in [3.63, 3.8) is 0 Å². The first-order valence-corrected chi connectivity index (χ1v) is 4.74. The van der Waals surface area contributed by atoms with Gasteiger partial charge in [0.15, 0.2) is 0 Å². The maximum atomic E-state index is 5.62. The number of rotatable bonds is 1. The van der Waals surface area contributed by atoms with Gasteiger partial charge in [0.25, 0.3) is 0 Å². The van der Waals surface area contributed by atoms with Crippen LogP contribution in [0, 0.1) is 0 Å². The summed E-state index contributed by atoms with van der Waals surface area (Å²) in [5.41, 5.74) is 0. The molecule has 0 N–H and O–H groups in total. The van der Waals surface area contributed by atoms with Gasteiger partial charge in [0.2, 0.25) is 0 Å². The third-order valence-electron chi connectivity index (χ3n) is 2.77. The minimum atomic E-state index is 0.334. The minimum Gasteiger partial charge on any atom is -0.377 e. The second-order valence-corrected chi connectivity index (χ2v) is 3.85. The lowest BCUT2D eigenvalue weighted by Crippen LogP contribution is -2.53. The van der Waals surface area contributed by atoms with Crippen LogP contribution < -0.4 is 0 Å². The van der Waals surface area contributed by atoms with Gasteiger partial charge in [0.1, 0.15) is 0 Å². The van der Waals surface area contributed by atoms with Gasteiger partial charge < -0.3 is 9.47 Å². The summed E-state index contributed by atoms with van der Waals surface area (Å²) in [5.74, 6) is 0. The van der Waals surface area contributed by atoms with Crippen LogP contribution in [0.25, 0.3) is 0 Å². The standard InChI is InChI=1S/C9H17NO2/c1-7(2)10-3-4-12-9-6-11-5-8(9)10/h7-9H,3-6H2,1-2H3. The maximum Gasteiger partial charge on any atom is 0.0986 e. The number of hydrogen-bond donors (Lipinski definition) is 0. The zero-order chi connectivity index (χ0) is 8.55. The molecule has 0 aliphatic carbocycles. The van der Waals surface area contributed by atoms with Gasteiger partial charge in [-0.3, -0.25) is 4.90 Å². The van der Waals surface area contributed by atoms with Crippen molar-refractivity contribution in [2.45, 2.75) is 32.0 Å². The highest BCUT2D eigenvalue weighted by Crippen LogP contribution is 2.22. The molecular formula is C9H17NO2. The van der Waals surface area contributed by atoms with Gasteiger partial charge in [-0.05, 0) is 13.8 Å². The van der Waals surface area contributed by atoms with Crippen molar-refractivity contribution in [1.29, 1.82) is 0 Å². The summed E-state index contributed by atoms with van der Waals surface area (Å²) < 4.78 is 11.0. The van der Waals surface area contributed by atoms with Crippen molar-refractivity contribution in [2.75, 3.05) is 26.4 Å². The Kier molecular flexibility index (Phi) is 2.35. The largest absolute Gasteiger partial charge is 0.377 e. The summed E-state index contributed by atoms with van der Waals surface area (Å²) in [7, 11) is 0. The van der Waals surface area contributed by atoms with Gasteiger partial charge in [-0.1, -0.05) is 0 Å². The Morgan fingerprint density at radius 3 is 2.92 bits per heavy atom. The lowest BCUT2D eigenvalue weighted by molar-refractivity contribution is -0.0588. The zero-order valence-corrected chi connectivity index (χ0v) is 7.82. The molecule has 2 atom stereocenters. The molecule has 70 valence electrons. The van der Waals surface area contributed by atoms with Gasteiger partial charge in [0.05, 0.1) is 32.0 Å². The van der Waals surface area contributed by atoms with Crippen LogP contribution in [0.3, 0.4) is 0 Å².